The van der Waals surface area contributed by atoms with E-state index in [1.54, 1.807) is 36.4 Å². The highest BCUT2D eigenvalue weighted by molar-refractivity contribution is 5.96. The van der Waals surface area contributed by atoms with Gasteiger partial charge in [0.1, 0.15) is 6.07 Å². The molecule has 26 heavy (non-hydrogen) atoms. The fraction of sp³-hybridized carbons (Fsp3) is 0. The van der Waals surface area contributed by atoms with Gasteiger partial charge in [0.15, 0.2) is 17.4 Å². The number of nitriles is 1. The standard InChI is InChI=1S/C21H12F2N2O/c22-16-11-20(26)17(23)10-19(16)25-18-9-5-4-8-14(18)15(12-24)21(25)13-6-2-1-3-7-13/h1-11,26H. The quantitative estimate of drug-likeness (QED) is 0.545. The highest BCUT2D eigenvalue weighted by Gasteiger charge is 2.22. The number of fused-ring (bicyclic) bond motifs is 1. The first-order chi connectivity index (χ1) is 12.6. The van der Waals surface area contributed by atoms with Gasteiger partial charge in [0, 0.05) is 17.5 Å². The molecule has 0 aliphatic rings. The van der Waals surface area contributed by atoms with Gasteiger partial charge in [-0.1, -0.05) is 48.5 Å². The van der Waals surface area contributed by atoms with Crippen molar-refractivity contribution in [3.8, 4) is 28.8 Å². The predicted octanol–water partition coefficient (Wildman–Crippen LogP) is 5.15. The van der Waals surface area contributed by atoms with Crippen molar-refractivity contribution in [1.82, 2.24) is 4.57 Å². The molecule has 0 aliphatic carbocycles. The van der Waals surface area contributed by atoms with Crippen LogP contribution in [0.4, 0.5) is 8.78 Å². The van der Waals surface area contributed by atoms with Crippen molar-refractivity contribution in [2.75, 3.05) is 0 Å². The Morgan fingerprint density at radius 2 is 1.58 bits per heavy atom. The Kier molecular flexibility index (Phi) is 3.67. The normalized spacial score (nSPS) is 10.8. The summed E-state index contributed by atoms with van der Waals surface area (Å²) in [6.07, 6.45) is 0. The Labute approximate surface area is 148 Å². The second-order valence-corrected chi connectivity index (χ2v) is 5.81. The van der Waals surface area contributed by atoms with E-state index in [-0.39, 0.29) is 5.69 Å². The van der Waals surface area contributed by atoms with Gasteiger partial charge < -0.3 is 9.67 Å². The van der Waals surface area contributed by atoms with Crippen LogP contribution in [0.3, 0.4) is 0 Å². The molecule has 0 amide bonds. The lowest BCUT2D eigenvalue weighted by molar-refractivity contribution is 0.426. The van der Waals surface area contributed by atoms with Crippen LogP contribution in [0.25, 0.3) is 27.8 Å². The zero-order valence-electron chi connectivity index (χ0n) is 13.4. The summed E-state index contributed by atoms with van der Waals surface area (Å²) in [4.78, 5) is 0. The number of benzene rings is 3. The van der Waals surface area contributed by atoms with Crippen LogP contribution in [0.15, 0.2) is 66.7 Å². The van der Waals surface area contributed by atoms with Gasteiger partial charge in [-0.05, 0) is 11.6 Å². The summed E-state index contributed by atoms with van der Waals surface area (Å²) < 4.78 is 30.1. The second-order valence-electron chi connectivity index (χ2n) is 5.81. The summed E-state index contributed by atoms with van der Waals surface area (Å²) in [6.45, 7) is 0. The lowest BCUT2D eigenvalue weighted by Gasteiger charge is -2.13. The highest BCUT2D eigenvalue weighted by atomic mass is 19.1. The number of hydrogen-bond acceptors (Lipinski definition) is 2. The highest BCUT2D eigenvalue weighted by Crippen LogP contribution is 2.37. The molecule has 1 aromatic heterocycles. The summed E-state index contributed by atoms with van der Waals surface area (Å²) in [7, 11) is 0. The molecule has 0 unspecified atom stereocenters. The van der Waals surface area contributed by atoms with Crippen LogP contribution >= 0.6 is 0 Å². The summed E-state index contributed by atoms with van der Waals surface area (Å²) in [5.74, 6) is -2.48. The number of aromatic hydroxyl groups is 1. The Hall–Kier alpha value is -3.65. The number of halogens is 2. The van der Waals surface area contributed by atoms with Crippen molar-refractivity contribution in [3.05, 3.63) is 83.9 Å². The van der Waals surface area contributed by atoms with Gasteiger partial charge in [0.2, 0.25) is 0 Å². The first-order valence-electron chi connectivity index (χ1n) is 7.89. The van der Waals surface area contributed by atoms with Gasteiger partial charge in [-0.2, -0.15) is 5.26 Å². The minimum absolute atomic E-state index is 0.0724. The number of rotatable bonds is 2. The van der Waals surface area contributed by atoms with E-state index in [4.69, 9.17) is 0 Å². The van der Waals surface area contributed by atoms with Crippen LogP contribution < -0.4 is 0 Å². The van der Waals surface area contributed by atoms with E-state index in [0.29, 0.717) is 27.7 Å². The largest absolute Gasteiger partial charge is 0.505 e. The lowest BCUT2D eigenvalue weighted by Crippen LogP contribution is -2.01. The molecule has 4 rings (SSSR count). The van der Waals surface area contributed by atoms with E-state index in [0.717, 1.165) is 12.1 Å². The average molecular weight is 346 g/mol. The maximum absolute atomic E-state index is 14.6. The third-order valence-corrected chi connectivity index (χ3v) is 4.29. The van der Waals surface area contributed by atoms with E-state index in [1.807, 2.05) is 18.2 Å². The number of nitrogens with zero attached hydrogens (tertiary/aromatic N) is 2. The molecular weight excluding hydrogens is 334 g/mol. The summed E-state index contributed by atoms with van der Waals surface area (Å²) >= 11 is 0. The molecule has 0 fully saturated rings. The molecule has 0 bridgehead atoms. The van der Waals surface area contributed by atoms with Gasteiger partial charge in [-0.15, -0.1) is 0 Å². The molecule has 1 heterocycles. The minimum Gasteiger partial charge on any atom is -0.505 e. The Morgan fingerprint density at radius 3 is 2.31 bits per heavy atom. The van der Waals surface area contributed by atoms with E-state index in [9.17, 15) is 19.1 Å². The van der Waals surface area contributed by atoms with Crippen LogP contribution in [-0.2, 0) is 0 Å². The molecule has 5 heteroatoms. The zero-order chi connectivity index (χ0) is 18.3. The van der Waals surface area contributed by atoms with E-state index in [1.165, 1.54) is 4.57 Å². The topological polar surface area (TPSA) is 49.0 Å². The third-order valence-electron chi connectivity index (χ3n) is 4.29. The van der Waals surface area contributed by atoms with Crippen molar-refractivity contribution >= 4 is 10.9 Å². The van der Waals surface area contributed by atoms with E-state index < -0.39 is 17.4 Å². The van der Waals surface area contributed by atoms with Crippen molar-refractivity contribution in [2.45, 2.75) is 0 Å². The van der Waals surface area contributed by atoms with Crippen LogP contribution in [0.2, 0.25) is 0 Å². The van der Waals surface area contributed by atoms with Crippen molar-refractivity contribution < 1.29 is 13.9 Å². The molecule has 126 valence electrons. The van der Waals surface area contributed by atoms with Gasteiger partial charge in [-0.25, -0.2) is 8.78 Å². The smallest absolute Gasteiger partial charge is 0.167 e. The maximum atomic E-state index is 14.6. The SMILES string of the molecule is N#Cc1c(-c2ccccc2)n(-c2cc(F)c(O)cc2F)c2ccccc12. The number of aromatic nitrogens is 1. The van der Waals surface area contributed by atoms with Gasteiger partial charge in [0.25, 0.3) is 0 Å². The maximum Gasteiger partial charge on any atom is 0.167 e. The molecule has 0 saturated heterocycles. The van der Waals surface area contributed by atoms with Crippen molar-refractivity contribution in [2.24, 2.45) is 0 Å². The molecule has 0 atom stereocenters. The van der Waals surface area contributed by atoms with Crippen LogP contribution in [0.1, 0.15) is 5.56 Å². The molecule has 3 aromatic carbocycles. The number of para-hydroxylation sites is 1. The molecule has 0 radical (unpaired) electrons. The molecule has 1 N–H and O–H groups in total. The number of phenolic OH excluding ortho intramolecular Hbond substituents is 1. The van der Waals surface area contributed by atoms with E-state index in [2.05, 4.69) is 6.07 Å². The Bertz CT molecular complexity index is 1170. The fourth-order valence-corrected chi connectivity index (χ4v) is 3.17. The Morgan fingerprint density at radius 1 is 0.885 bits per heavy atom. The predicted molar refractivity (Wildman–Crippen MR) is 95.0 cm³/mol. The van der Waals surface area contributed by atoms with Crippen molar-refractivity contribution in [1.29, 1.82) is 5.26 Å². The lowest BCUT2D eigenvalue weighted by atomic mass is 10.1. The zero-order valence-corrected chi connectivity index (χ0v) is 13.4. The summed E-state index contributed by atoms with van der Waals surface area (Å²) in [5, 5.41) is 19.8. The molecule has 0 saturated carbocycles. The molecule has 3 nitrogen and oxygen atoms in total. The van der Waals surface area contributed by atoms with Crippen molar-refractivity contribution in [3.63, 3.8) is 0 Å². The van der Waals surface area contributed by atoms with Gasteiger partial charge in [-0.3, -0.25) is 0 Å². The van der Waals surface area contributed by atoms with Gasteiger partial charge >= 0.3 is 0 Å². The number of phenols is 1. The molecule has 4 aromatic rings. The summed E-state index contributed by atoms with van der Waals surface area (Å²) in [5.41, 5.74) is 2.05. The van der Waals surface area contributed by atoms with Gasteiger partial charge in [0.05, 0.1) is 22.5 Å². The molecule has 0 aliphatic heterocycles. The average Bonchev–Trinajstić information content (AvgIpc) is 2.99. The van der Waals surface area contributed by atoms with Crippen LogP contribution in [0, 0.1) is 23.0 Å². The summed E-state index contributed by atoms with van der Waals surface area (Å²) in [6, 6.07) is 20.0. The minimum atomic E-state index is -0.934. The second kappa shape index (κ2) is 6.01. The van der Waals surface area contributed by atoms with Crippen LogP contribution in [-0.4, -0.2) is 9.67 Å². The number of hydrogen-bond donors (Lipinski definition) is 1. The first kappa shape index (κ1) is 15.9. The first-order valence-corrected chi connectivity index (χ1v) is 7.89. The molecular formula is C21H12F2N2O. The van der Waals surface area contributed by atoms with Crippen LogP contribution in [0.5, 0.6) is 5.75 Å². The third kappa shape index (κ3) is 2.32. The Balaban J connectivity index is 2.19. The fourth-order valence-electron chi connectivity index (χ4n) is 3.17. The monoisotopic (exact) mass is 346 g/mol. The molecule has 0 spiro atoms. The van der Waals surface area contributed by atoms with E-state index >= 15 is 0 Å².